The zero-order valence-corrected chi connectivity index (χ0v) is 11.9. The monoisotopic (exact) mass is 281 g/mol. The first-order valence-corrected chi connectivity index (χ1v) is 7.66. The zero-order chi connectivity index (χ0) is 14.4. The van der Waals surface area contributed by atoms with E-state index in [1.165, 1.54) is 16.8 Å². The number of amides is 1. The SMILES string of the molecule is NC(=O)[C@H]1CC[C@H]([C@H]2c3ccccc3-c3cncn32)CC1. The second kappa shape index (κ2) is 4.72. The highest BCUT2D eigenvalue weighted by molar-refractivity contribution is 5.76. The van der Waals surface area contributed by atoms with Crippen LogP contribution in [-0.2, 0) is 4.79 Å². The number of imidazole rings is 1. The normalized spacial score (nSPS) is 27.1. The molecule has 21 heavy (non-hydrogen) atoms. The van der Waals surface area contributed by atoms with Crippen LogP contribution < -0.4 is 5.73 Å². The molecule has 4 rings (SSSR count). The third-order valence-corrected chi connectivity index (χ3v) is 5.14. The van der Waals surface area contributed by atoms with E-state index in [9.17, 15) is 4.79 Å². The molecule has 0 spiro atoms. The molecule has 108 valence electrons. The van der Waals surface area contributed by atoms with Gasteiger partial charge in [-0.1, -0.05) is 24.3 Å². The van der Waals surface area contributed by atoms with E-state index >= 15 is 0 Å². The minimum atomic E-state index is -0.136. The first-order valence-electron chi connectivity index (χ1n) is 7.66. The Labute approximate surface area is 124 Å². The van der Waals surface area contributed by atoms with Crippen molar-refractivity contribution in [2.24, 2.45) is 17.6 Å². The molecule has 1 aliphatic heterocycles. The van der Waals surface area contributed by atoms with Gasteiger partial charge in [-0.05, 0) is 37.2 Å². The molecule has 1 amide bonds. The highest BCUT2D eigenvalue weighted by Gasteiger charge is 2.36. The summed E-state index contributed by atoms with van der Waals surface area (Å²) in [5, 5.41) is 0. The van der Waals surface area contributed by atoms with Gasteiger partial charge in [0.25, 0.3) is 0 Å². The molecule has 0 saturated heterocycles. The van der Waals surface area contributed by atoms with Gasteiger partial charge in [0.15, 0.2) is 0 Å². The van der Waals surface area contributed by atoms with Gasteiger partial charge in [0.1, 0.15) is 0 Å². The lowest BCUT2D eigenvalue weighted by Gasteiger charge is -2.32. The Balaban J connectivity index is 1.66. The number of aromatic nitrogens is 2. The molecule has 1 aliphatic carbocycles. The van der Waals surface area contributed by atoms with E-state index in [0.717, 1.165) is 25.7 Å². The largest absolute Gasteiger partial charge is 0.369 e. The van der Waals surface area contributed by atoms with Gasteiger partial charge in [-0.2, -0.15) is 0 Å². The average Bonchev–Trinajstić information content (AvgIpc) is 3.07. The Kier molecular flexibility index (Phi) is 2.84. The van der Waals surface area contributed by atoms with Gasteiger partial charge < -0.3 is 10.3 Å². The van der Waals surface area contributed by atoms with Crippen molar-refractivity contribution >= 4 is 5.91 Å². The third-order valence-electron chi connectivity index (χ3n) is 5.14. The summed E-state index contributed by atoms with van der Waals surface area (Å²) < 4.78 is 2.31. The lowest BCUT2D eigenvalue weighted by Crippen LogP contribution is -2.30. The van der Waals surface area contributed by atoms with E-state index in [1.54, 1.807) is 0 Å². The van der Waals surface area contributed by atoms with Crippen molar-refractivity contribution in [3.8, 4) is 11.3 Å². The van der Waals surface area contributed by atoms with Gasteiger partial charge in [-0.3, -0.25) is 4.79 Å². The van der Waals surface area contributed by atoms with Crippen LogP contribution in [0, 0.1) is 11.8 Å². The Morgan fingerprint density at radius 2 is 1.95 bits per heavy atom. The molecule has 0 radical (unpaired) electrons. The summed E-state index contributed by atoms with van der Waals surface area (Å²) in [6.45, 7) is 0. The van der Waals surface area contributed by atoms with E-state index in [-0.39, 0.29) is 11.8 Å². The van der Waals surface area contributed by atoms with Crippen molar-refractivity contribution in [3.63, 3.8) is 0 Å². The first-order chi connectivity index (χ1) is 10.3. The van der Waals surface area contributed by atoms with E-state index < -0.39 is 0 Å². The minimum Gasteiger partial charge on any atom is -0.369 e. The van der Waals surface area contributed by atoms with E-state index in [1.807, 2.05) is 12.5 Å². The molecule has 0 bridgehead atoms. The van der Waals surface area contributed by atoms with Gasteiger partial charge >= 0.3 is 0 Å². The molecule has 4 nitrogen and oxygen atoms in total. The Morgan fingerprint density at radius 1 is 1.19 bits per heavy atom. The fourth-order valence-electron chi connectivity index (χ4n) is 4.07. The first kappa shape index (κ1) is 12.6. The molecular weight excluding hydrogens is 262 g/mol. The molecule has 0 unspecified atom stereocenters. The van der Waals surface area contributed by atoms with Crippen LogP contribution in [0.5, 0.6) is 0 Å². The Morgan fingerprint density at radius 3 is 2.71 bits per heavy atom. The van der Waals surface area contributed by atoms with Crippen molar-refractivity contribution in [1.82, 2.24) is 9.55 Å². The predicted molar refractivity (Wildman–Crippen MR) is 80.4 cm³/mol. The molecule has 1 aromatic carbocycles. The maximum Gasteiger partial charge on any atom is 0.220 e. The predicted octanol–water partition coefficient (Wildman–Crippen LogP) is 2.74. The maximum absolute atomic E-state index is 11.3. The maximum atomic E-state index is 11.3. The summed E-state index contributed by atoms with van der Waals surface area (Å²) in [5.74, 6) is 0.501. The third kappa shape index (κ3) is 1.89. The second-order valence-electron chi connectivity index (χ2n) is 6.23. The summed E-state index contributed by atoms with van der Waals surface area (Å²) in [6.07, 6.45) is 7.86. The summed E-state index contributed by atoms with van der Waals surface area (Å²) in [5.41, 5.74) is 9.37. The molecule has 1 aromatic heterocycles. The number of fused-ring (bicyclic) bond motifs is 3. The molecule has 1 saturated carbocycles. The minimum absolute atomic E-state index is 0.0696. The van der Waals surface area contributed by atoms with Crippen LogP contribution in [0.3, 0.4) is 0 Å². The number of hydrogen-bond acceptors (Lipinski definition) is 2. The molecule has 4 heteroatoms. The average molecular weight is 281 g/mol. The molecule has 1 atom stereocenters. The van der Waals surface area contributed by atoms with Crippen molar-refractivity contribution in [1.29, 1.82) is 0 Å². The number of carbonyl (C=O) groups is 1. The standard InChI is InChI=1S/C17H19N3O/c18-17(21)12-7-5-11(6-8-12)16-14-4-2-1-3-13(14)15-9-19-10-20(15)16/h1-4,9-12,16H,5-8H2,(H2,18,21)/t11-,12-,16-/m0/s1. The van der Waals surface area contributed by atoms with Crippen LogP contribution in [0.4, 0.5) is 0 Å². The van der Waals surface area contributed by atoms with Gasteiger partial charge in [-0.25, -0.2) is 4.98 Å². The van der Waals surface area contributed by atoms with Gasteiger partial charge in [0.2, 0.25) is 5.91 Å². The van der Waals surface area contributed by atoms with E-state index in [4.69, 9.17) is 5.73 Å². The Hall–Kier alpha value is -2.10. The lowest BCUT2D eigenvalue weighted by atomic mass is 9.76. The second-order valence-corrected chi connectivity index (χ2v) is 6.23. The van der Waals surface area contributed by atoms with Crippen molar-refractivity contribution < 1.29 is 4.79 Å². The van der Waals surface area contributed by atoms with Gasteiger partial charge in [0.05, 0.1) is 24.3 Å². The molecule has 2 heterocycles. The van der Waals surface area contributed by atoms with Crippen LogP contribution in [0.25, 0.3) is 11.3 Å². The smallest absolute Gasteiger partial charge is 0.220 e. The van der Waals surface area contributed by atoms with Crippen LogP contribution >= 0.6 is 0 Å². The summed E-state index contributed by atoms with van der Waals surface area (Å²) in [4.78, 5) is 15.7. The molecule has 2 aliphatic rings. The quantitative estimate of drug-likeness (QED) is 0.920. The van der Waals surface area contributed by atoms with Gasteiger partial charge in [0, 0.05) is 11.5 Å². The van der Waals surface area contributed by atoms with Crippen molar-refractivity contribution in [3.05, 3.63) is 42.4 Å². The zero-order valence-electron chi connectivity index (χ0n) is 11.9. The highest BCUT2D eigenvalue weighted by atomic mass is 16.1. The van der Waals surface area contributed by atoms with Crippen LogP contribution in [0.2, 0.25) is 0 Å². The molecular formula is C17H19N3O. The lowest BCUT2D eigenvalue weighted by molar-refractivity contribution is -0.123. The van der Waals surface area contributed by atoms with Crippen LogP contribution in [0.1, 0.15) is 37.3 Å². The fourth-order valence-corrected chi connectivity index (χ4v) is 4.07. The summed E-state index contributed by atoms with van der Waals surface area (Å²) in [7, 11) is 0. The number of nitrogens with two attached hydrogens (primary N) is 1. The number of benzene rings is 1. The van der Waals surface area contributed by atoms with Crippen molar-refractivity contribution in [2.75, 3.05) is 0 Å². The number of hydrogen-bond donors (Lipinski definition) is 1. The fraction of sp³-hybridized carbons (Fsp3) is 0.412. The van der Waals surface area contributed by atoms with E-state index in [0.29, 0.717) is 12.0 Å². The number of rotatable bonds is 2. The number of carbonyl (C=O) groups excluding carboxylic acids is 1. The van der Waals surface area contributed by atoms with E-state index in [2.05, 4.69) is 33.8 Å². The number of primary amides is 1. The number of nitrogens with zero attached hydrogens (tertiary/aromatic N) is 2. The summed E-state index contributed by atoms with van der Waals surface area (Å²) >= 11 is 0. The summed E-state index contributed by atoms with van der Waals surface area (Å²) in [6, 6.07) is 8.97. The van der Waals surface area contributed by atoms with Crippen LogP contribution in [-0.4, -0.2) is 15.5 Å². The Bertz CT molecular complexity index is 683. The highest BCUT2D eigenvalue weighted by Crippen LogP contribution is 2.47. The molecule has 2 aromatic rings. The molecule has 2 N–H and O–H groups in total. The van der Waals surface area contributed by atoms with Gasteiger partial charge in [-0.15, -0.1) is 0 Å². The topological polar surface area (TPSA) is 60.9 Å². The molecule has 1 fully saturated rings. The van der Waals surface area contributed by atoms with Crippen LogP contribution in [0.15, 0.2) is 36.8 Å². The van der Waals surface area contributed by atoms with Crippen molar-refractivity contribution in [2.45, 2.75) is 31.7 Å².